The van der Waals surface area contributed by atoms with E-state index in [0.29, 0.717) is 12.8 Å². The van der Waals surface area contributed by atoms with Gasteiger partial charge in [0.1, 0.15) is 0 Å². The summed E-state index contributed by atoms with van der Waals surface area (Å²) in [6.45, 7) is 0.249. The molecule has 0 spiro atoms. The summed E-state index contributed by atoms with van der Waals surface area (Å²) >= 11 is 0. The van der Waals surface area contributed by atoms with Crippen LogP contribution in [0.15, 0.2) is 18.2 Å². The Balaban J connectivity index is 1.92. The Kier molecular flexibility index (Phi) is 4.14. The Hall–Kier alpha value is -2.22. The lowest BCUT2D eigenvalue weighted by molar-refractivity contribution is -0.385. The Labute approximate surface area is 113 Å². The number of carboxylic acid groups (broad SMARTS) is 1. The molecule has 1 fully saturated rings. The molecule has 2 unspecified atom stereocenters. The first-order valence-electron chi connectivity index (χ1n) is 6.03. The molecule has 1 aliphatic heterocycles. The number of carbonyl (C=O) groups is 1. The van der Waals surface area contributed by atoms with Crippen LogP contribution in [0, 0.1) is 15.9 Å². The smallest absolute Gasteiger partial charge is 0.332 e. The number of nitro benzene ring substituents is 1. The molecule has 2 rings (SSSR count). The maximum absolute atomic E-state index is 13.6. The van der Waals surface area contributed by atoms with Crippen molar-refractivity contribution < 1.29 is 24.0 Å². The third-order valence-corrected chi connectivity index (χ3v) is 3.07. The zero-order valence-electron chi connectivity index (χ0n) is 10.4. The molecule has 2 N–H and O–H groups in total. The summed E-state index contributed by atoms with van der Waals surface area (Å²) in [6, 6.07) is 3.30. The standard InChI is InChI=1S/C12H13FN2O5/c13-9-5-7(15(18)19)1-3-10(9)14-6-8-2-4-11(20-8)12(16)17/h1,3,5,8,11,14H,2,4,6H2,(H,16,17). The first-order chi connectivity index (χ1) is 9.47. The minimum atomic E-state index is -1.01. The Morgan fingerprint density at radius 3 is 2.85 bits per heavy atom. The van der Waals surface area contributed by atoms with Crippen LogP contribution in [0.3, 0.4) is 0 Å². The molecular weight excluding hydrogens is 271 g/mol. The van der Waals surface area contributed by atoms with Gasteiger partial charge in [-0.05, 0) is 18.9 Å². The molecule has 1 heterocycles. The monoisotopic (exact) mass is 284 g/mol. The van der Waals surface area contributed by atoms with Gasteiger partial charge in [0.15, 0.2) is 11.9 Å². The molecular formula is C12H13FN2O5. The maximum Gasteiger partial charge on any atom is 0.332 e. The molecule has 0 saturated carbocycles. The number of aliphatic carboxylic acids is 1. The van der Waals surface area contributed by atoms with Gasteiger partial charge in [-0.15, -0.1) is 0 Å². The zero-order valence-corrected chi connectivity index (χ0v) is 10.4. The van der Waals surface area contributed by atoms with Gasteiger partial charge in [0.05, 0.1) is 22.8 Å². The van der Waals surface area contributed by atoms with Crippen molar-refractivity contribution in [2.24, 2.45) is 0 Å². The van der Waals surface area contributed by atoms with Crippen LogP contribution < -0.4 is 5.32 Å². The number of hydrogen-bond acceptors (Lipinski definition) is 5. The van der Waals surface area contributed by atoms with Crippen molar-refractivity contribution in [3.8, 4) is 0 Å². The summed E-state index contributed by atoms with van der Waals surface area (Å²) in [6.07, 6.45) is -0.141. The lowest BCUT2D eigenvalue weighted by Crippen LogP contribution is -2.24. The van der Waals surface area contributed by atoms with Crippen LogP contribution >= 0.6 is 0 Å². The van der Waals surface area contributed by atoms with Gasteiger partial charge >= 0.3 is 5.97 Å². The first-order valence-corrected chi connectivity index (χ1v) is 6.03. The van der Waals surface area contributed by atoms with E-state index in [2.05, 4.69) is 5.32 Å². The van der Waals surface area contributed by atoms with E-state index in [9.17, 15) is 19.3 Å². The second kappa shape index (κ2) is 5.83. The number of carboxylic acids is 1. The number of non-ortho nitro benzene ring substituents is 1. The summed E-state index contributed by atoms with van der Waals surface area (Å²) in [5.41, 5.74) is -0.200. The number of nitro groups is 1. The number of ether oxygens (including phenoxy) is 1. The second-order valence-electron chi connectivity index (χ2n) is 4.46. The summed E-state index contributed by atoms with van der Waals surface area (Å²) in [4.78, 5) is 20.5. The highest BCUT2D eigenvalue weighted by Gasteiger charge is 2.30. The topological polar surface area (TPSA) is 102 Å². The zero-order chi connectivity index (χ0) is 14.7. The van der Waals surface area contributed by atoms with Gasteiger partial charge < -0.3 is 15.2 Å². The molecule has 0 aromatic heterocycles. The largest absolute Gasteiger partial charge is 0.479 e. The minimum Gasteiger partial charge on any atom is -0.479 e. The van der Waals surface area contributed by atoms with Crippen LogP contribution in [0.25, 0.3) is 0 Å². The maximum atomic E-state index is 13.6. The third kappa shape index (κ3) is 3.21. The van der Waals surface area contributed by atoms with E-state index in [4.69, 9.17) is 9.84 Å². The quantitative estimate of drug-likeness (QED) is 0.631. The van der Waals surface area contributed by atoms with Crippen molar-refractivity contribution in [1.29, 1.82) is 0 Å². The van der Waals surface area contributed by atoms with Crippen LogP contribution in [-0.4, -0.2) is 34.8 Å². The summed E-state index contributed by atoms with van der Waals surface area (Å²) in [7, 11) is 0. The van der Waals surface area contributed by atoms with Crippen molar-refractivity contribution in [1.82, 2.24) is 0 Å². The molecule has 1 aromatic carbocycles. The van der Waals surface area contributed by atoms with E-state index in [0.717, 1.165) is 6.07 Å². The Bertz CT molecular complexity index is 537. The van der Waals surface area contributed by atoms with E-state index in [1.807, 2.05) is 0 Å². The molecule has 108 valence electrons. The first kappa shape index (κ1) is 14.2. The fourth-order valence-electron chi connectivity index (χ4n) is 2.02. The van der Waals surface area contributed by atoms with Gasteiger partial charge in [-0.2, -0.15) is 0 Å². The number of nitrogens with one attached hydrogen (secondary N) is 1. The number of nitrogens with zero attached hydrogens (tertiary/aromatic N) is 1. The lowest BCUT2D eigenvalue weighted by atomic mass is 10.2. The van der Waals surface area contributed by atoms with Gasteiger partial charge in [-0.1, -0.05) is 0 Å². The Morgan fingerprint density at radius 1 is 1.55 bits per heavy atom. The van der Waals surface area contributed by atoms with Crippen LogP contribution in [0.1, 0.15) is 12.8 Å². The van der Waals surface area contributed by atoms with E-state index >= 15 is 0 Å². The van der Waals surface area contributed by atoms with Gasteiger partial charge in [0.25, 0.3) is 5.69 Å². The lowest BCUT2D eigenvalue weighted by Gasteiger charge is -2.13. The van der Waals surface area contributed by atoms with Crippen LogP contribution in [0.5, 0.6) is 0 Å². The molecule has 2 atom stereocenters. The number of benzene rings is 1. The van der Waals surface area contributed by atoms with Crippen molar-refractivity contribution >= 4 is 17.3 Å². The number of anilines is 1. The molecule has 0 aliphatic carbocycles. The summed E-state index contributed by atoms with van der Waals surface area (Å²) in [5.74, 6) is -1.74. The van der Waals surface area contributed by atoms with Crippen molar-refractivity contribution in [3.63, 3.8) is 0 Å². The van der Waals surface area contributed by atoms with E-state index < -0.39 is 22.8 Å². The predicted molar refractivity (Wildman–Crippen MR) is 67.1 cm³/mol. The third-order valence-electron chi connectivity index (χ3n) is 3.07. The van der Waals surface area contributed by atoms with Gasteiger partial charge in [0.2, 0.25) is 0 Å². The highest BCUT2D eigenvalue weighted by Crippen LogP contribution is 2.23. The highest BCUT2D eigenvalue weighted by atomic mass is 19.1. The number of rotatable bonds is 5. The molecule has 8 heteroatoms. The molecule has 0 radical (unpaired) electrons. The average Bonchev–Trinajstić information content (AvgIpc) is 2.86. The van der Waals surface area contributed by atoms with E-state index in [-0.39, 0.29) is 24.0 Å². The second-order valence-corrected chi connectivity index (χ2v) is 4.46. The fourth-order valence-corrected chi connectivity index (χ4v) is 2.02. The van der Waals surface area contributed by atoms with Gasteiger partial charge in [0, 0.05) is 12.6 Å². The van der Waals surface area contributed by atoms with Crippen molar-refractivity contribution in [2.45, 2.75) is 25.0 Å². The summed E-state index contributed by atoms with van der Waals surface area (Å²) < 4.78 is 18.8. The van der Waals surface area contributed by atoms with Gasteiger partial charge in [-0.3, -0.25) is 10.1 Å². The van der Waals surface area contributed by atoms with Crippen LogP contribution in [0.2, 0.25) is 0 Å². The van der Waals surface area contributed by atoms with E-state index in [1.54, 1.807) is 0 Å². The predicted octanol–water partition coefficient (Wildman–Crippen LogP) is 1.78. The van der Waals surface area contributed by atoms with Crippen molar-refractivity contribution in [2.75, 3.05) is 11.9 Å². The molecule has 7 nitrogen and oxygen atoms in total. The number of hydrogen-bond donors (Lipinski definition) is 2. The molecule has 1 aliphatic rings. The normalized spacial score (nSPS) is 21.6. The summed E-state index contributed by atoms with van der Waals surface area (Å²) in [5, 5.41) is 22.0. The molecule has 0 amide bonds. The highest BCUT2D eigenvalue weighted by molar-refractivity contribution is 5.72. The van der Waals surface area contributed by atoms with Crippen LogP contribution in [-0.2, 0) is 9.53 Å². The fraction of sp³-hybridized carbons (Fsp3) is 0.417. The number of halogens is 1. The molecule has 20 heavy (non-hydrogen) atoms. The molecule has 0 bridgehead atoms. The average molecular weight is 284 g/mol. The van der Waals surface area contributed by atoms with Crippen LogP contribution in [0.4, 0.5) is 15.8 Å². The van der Waals surface area contributed by atoms with Crippen molar-refractivity contribution in [3.05, 3.63) is 34.1 Å². The van der Waals surface area contributed by atoms with E-state index in [1.165, 1.54) is 12.1 Å². The molecule has 1 saturated heterocycles. The SMILES string of the molecule is O=C(O)C1CCC(CNc2ccc([N+](=O)[O-])cc2F)O1. The minimum absolute atomic E-state index is 0.123. The Morgan fingerprint density at radius 2 is 2.30 bits per heavy atom. The van der Waals surface area contributed by atoms with Gasteiger partial charge in [-0.25, -0.2) is 9.18 Å². The molecule has 1 aromatic rings.